The second kappa shape index (κ2) is 8.49. The highest BCUT2D eigenvalue weighted by Gasteiger charge is 2.25. The minimum Gasteiger partial charge on any atom is -0.481 e. The Balaban J connectivity index is 0.000000471. The number of nitrogens with one attached hydrogen (secondary N) is 2. The van der Waals surface area contributed by atoms with Gasteiger partial charge >= 0.3 is 0 Å². The summed E-state index contributed by atoms with van der Waals surface area (Å²) >= 11 is 0. The number of aliphatic carboxylic acids is 1. The number of H-pyrrole nitrogens is 1. The molecule has 0 bridgehead atoms. The van der Waals surface area contributed by atoms with Gasteiger partial charge in [0.15, 0.2) is 0 Å². The van der Waals surface area contributed by atoms with Crippen LogP contribution in [0.1, 0.15) is 43.2 Å². The van der Waals surface area contributed by atoms with Crippen LogP contribution >= 0.6 is 0 Å². The zero-order valence-electron chi connectivity index (χ0n) is 14.0. The lowest BCUT2D eigenvalue weighted by Gasteiger charge is -2.21. The number of nitrogens with two attached hydrogens (primary N) is 1. The number of hydrogen-bond acceptors (Lipinski definition) is 3. The molecule has 6 nitrogen and oxygen atoms in total. The normalized spacial score (nSPS) is 16.6. The summed E-state index contributed by atoms with van der Waals surface area (Å²) in [6.07, 6.45) is 5.79. The Bertz CT molecular complexity index is 705. The monoisotopic (exact) mass is 331 g/mol. The molecule has 5 N–H and O–H groups in total. The van der Waals surface area contributed by atoms with E-state index >= 15 is 0 Å². The number of benzene rings is 1. The molecule has 0 saturated carbocycles. The summed E-state index contributed by atoms with van der Waals surface area (Å²) in [6, 6.07) is 6.21. The van der Waals surface area contributed by atoms with Gasteiger partial charge in [-0.1, -0.05) is 18.6 Å². The quantitative estimate of drug-likeness (QED) is 0.644. The van der Waals surface area contributed by atoms with Gasteiger partial charge in [0, 0.05) is 30.6 Å². The van der Waals surface area contributed by atoms with E-state index in [-0.39, 0.29) is 11.8 Å². The van der Waals surface area contributed by atoms with Gasteiger partial charge in [-0.15, -0.1) is 0 Å². The average Bonchev–Trinajstić information content (AvgIpc) is 2.93. The van der Waals surface area contributed by atoms with E-state index in [4.69, 9.17) is 15.6 Å². The topological polar surface area (TPSA) is 108 Å². The van der Waals surface area contributed by atoms with Crippen LogP contribution in [0, 0.1) is 0 Å². The second-order valence-electron chi connectivity index (χ2n) is 5.98. The summed E-state index contributed by atoms with van der Waals surface area (Å²) < 4.78 is 0. The van der Waals surface area contributed by atoms with E-state index in [1.807, 2.05) is 6.07 Å². The van der Waals surface area contributed by atoms with Crippen LogP contribution in [0.4, 0.5) is 0 Å². The van der Waals surface area contributed by atoms with Crippen molar-refractivity contribution in [3.63, 3.8) is 0 Å². The molecule has 0 fully saturated rings. The molecule has 2 heterocycles. The number of carbonyl (C=O) groups is 2. The van der Waals surface area contributed by atoms with Crippen molar-refractivity contribution < 1.29 is 14.7 Å². The van der Waals surface area contributed by atoms with Gasteiger partial charge in [-0.25, -0.2) is 0 Å². The molecule has 0 radical (unpaired) electrons. The van der Waals surface area contributed by atoms with Crippen LogP contribution in [0.25, 0.3) is 10.9 Å². The number of unbranched alkanes of at least 4 members (excludes halogenated alkanes) is 1. The molecule has 2 aromatic rings. The summed E-state index contributed by atoms with van der Waals surface area (Å²) in [7, 11) is 0. The van der Waals surface area contributed by atoms with Crippen molar-refractivity contribution in [2.75, 3.05) is 13.1 Å². The molecule has 1 aliphatic heterocycles. The first-order chi connectivity index (χ1) is 11.5. The number of rotatable bonds is 4. The number of hydrogen-bond donors (Lipinski definition) is 4. The summed E-state index contributed by atoms with van der Waals surface area (Å²) in [5, 5.41) is 11.7. The molecule has 1 atom stereocenters. The highest BCUT2D eigenvalue weighted by molar-refractivity contribution is 5.94. The molecule has 1 aromatic carbocycles. The Morgan fingerprint density at radius 2 is 2.12 bits per heavy atom. The molecule has 1 unspecified atom stereocenters. The van der Waals surface area contributed by atoms with E-state index in [1.165, 1.54) is 10.9 Å². The van der Waals surface area contributed by atoms with Crippen molar-refractivity contribution in [2.24, 2.45) is 5.73 Å². The smallest absolute Gasteiger partial charge is 0.300 e. The number of carbonyl (C=O) groups excluding carboxylic acids is 1. The zero-order chi connectivity index (χ0) is 17.5. The van der Waals surface area contributed by atoms with Crippen molar-refractivity contribution in [1.29, 1.82) is 0 Å². The molecule has 0 aliphatic carbocycles. The molecule has 0 spiro atoms. The molecule has 1 aliphatic rings. The van der Waals surface area contributed by atoms with Crippen LogP contribution < -0.4 is 11.1 Å². The molecule has 0 saturated heterocycles. The minimum atomic E-state index is -0.833. The van der Waals surface area contributed by atoms with E-state index in [2.05, 4.69) is 28.6 Å². The fraction of sp³-hybridized carbons (Fsp3) is 0.444. The van der Waals surface area contributed by atoms with E-state index in [1.54, 1.807) is 0 Å². The zero-order valence-corrected chi connectivity index (χ0v) is 14.0. The van der Waals surface area contributed by atoms with Crippen molar-refractivity contribution in [3.8, 4) is 0 Å². The Kier molecular flexibility index (Phi) is 6.37. The Morgan fingerprint density at radius 3 is 2.83 bits per heavy atom. The van der Waals surface area contributed by atoms with Gasteiger partial charge < -0.3 is 21.1 Å². The second-order valence-corrected chi connectivity index (χ2v) is 5.98. The average molecular weight is 331 g/mol. The Morgan fingerprint density at radius 1 is 1.38 bits per heavy atom. The molecule has 130 valence electrons. The summed E-state index contributed by atoms with van der Waals surface area (Å²) in [5.74, 6) is -0.735. The Hall–Kier alpha value is -2.34. The predicted octanol–water partition coefficient (Wildman–Crippen LogP) is 2.14. The standard InChI is InChI=1S/C16H21N3O.C2H4O2/c17-8-2-1-4-13-12-5-3-6-14-15(12)11(10-19-14)7-9-18-16(13)20;1-2(3)4/h3,5-6,10,13,19H,1-2,4,7-9,17H2,(H,18,20);1H3,(H,3,4). The Labute approximate surface area is 141 Å². The molecule has 1 aromatic heterocycles. The van der Waals surface area contributed by atoms with E-state index in [0.717, 1.165) is 43.7 Å². The van der Waals surface area contributed by atoms with Crippen LogP contribution in [-0.2, 0) is 16.0 Å². The first-order valence-corrected chi connectivity index (χ1v) is 8.30. The highest BCUT2D eigenvalue weighted by atomic mass is 16.4. The third kappa shape index (κ3) is 4.35. The minimum absolute atomic E-state index is 0.0555. The molecular formula is C18H25N3O3. The fourth-order valence-corrected chi connectivity index (χ4v) is 3.14. The SMILES string of the molecule is CC(=O)O.NCCCCC1C(=O)NCCc2c[nH]c3cccc1c23. The highest BCUT2D eigenvalue weighted by Crippen LogP contribution is 2.32. The third-order valence-corrected chi connectivity index (χ3v) is 4.15. The predicted molar refractivity (Wildman–Crippen MR) is 94.0 cm³/mol. The van der Waals surface area contributed by atoms with Gasteiger partial charge in [-0.05, 0) is 43.0 Å². The van der Waals surface area contributed by atoms with E-state index in [0.29, 0.717) is 13.1 Å². The maximum absolute atomic E-state index is 12.4. The number of aromatic amines is 1. The molecule has 6 heteroatoms. The van der Waals surface area contributed by atoms with Crippen molar-refractivity contribution in [2.45, 2.75) is 38.5 Å². The lowest BCUT2D eigenvalue weighted by atomic mass is 9.87. The number of aromatic nitrogens is 1. The largest absolute Gasteiger partial charge is 0.481 e. The molecule has 3 rings (SSSR count). The molecule has 24 heavy (non-hydrogen) atoms. The van der Waals surface area contributed by atoms with E-state index < -0.39 is 5.97 Å². The van der Waals surface area contributed by atoms with Crippen LogP contribution in [0.5, 0.6) is 0 Å². The van der Waals surface area contributed by atoms with Gasteiger partial charge in [0.2, 0.25) is 5.91 Å². The summed E-state index contributed by atoms with van der Waals surface area (Å²) in [5.41, 5.74) is 9.17. The number of carboxylic acids is 1. The van der Waals surface area contributed by atoms with Gasteiger partial charge in [-0.2, -0.15) is 0 Å². The summed E-state index contributed by atoms with van der Waals surface area (Å²) in [6.45, 7) is 2.49. The maximum Gasteiger partial charge on any atom is 0.300 e. The van der Waals surface area contributed by atoms with Gasteiger partial charge in [-0.3, -0.25) is 9.59 Å². The maximum atomic E-state index is 12.4. The van der Waals surface area contributed by atoms with Crippen LogP contribution in [0.15, 0.2) is 24.4 Å². The van der Waals surface area contributed by atoms with Crippen LogP contribution in [0.2, 0.25) is 0 Å². The van der Waals surface area contributed by atoms with Gasteiger partial charge in [0.05, 0.1) is 5.92 Å². The molecule has 1 amide bonds. The van der Waals surface area contributed by atoms with Gasteiger partial charge in [0.1, 0.15) is 0 Å². The summed E-state index contributed by atoms with van der Waals surface area (Å²) in [4.78, 5) is 24.7. The lowest BCUT2D eigenvalue weighted by Crippen LogP contribution is -2.32. The van der Waals surface area contributed by atoms with Crippen molar-refractivity contribution >= 4 is 22.8 Å². The first-order valence-electron chi connectivity index (χ1n) is 8.30. The number of amides is 1. The van der Waals surface area contributed by atoms with Crippen LogP contribution in [0.3, 0.4) is 0 Å². The molecular weight excluding hydrogens is 306 g/mol. The van der Waals surface area contributed by atoms with Crippen molar-refractivity contribution in [3.05, 3.63) is 35.5 Å². The first kappa shape index (κ1) is 18.0. The van der Waals surface area contributed by atoms with E-state index in [9.17, 15) is 4.79 Å². The van der Waals surface area contributed by atoms with Crippen LogP contribution in [-0.4, -0.2) is 35.1 Å². The fourth-order valence-electron chi connectivity index (χ4n) is 3.14. The number of carboxylic acid groups (broad SMARTS) is 1. The van der Waals surface area contributed by atoms with Gasteiger partial charge in [0.25, 0.3) is 5.97 Å². The van der Waals surface area contributed by atoms with Crippen molar-refractivity contribution in [1.82, 2.24) is 10.3 Å². The lowest BCUT2D eigenvalue weighted by molar-refractivity contribution is -0.134. The third-order valence-electron chi connectivity index (χ3n) is 4.15.